The van der Waals surface area contributed by atoms with Crippen molar-refractivity contribution in [1.29, 1.82) is 5.26 Å². The Labute approximate surface area is 125 Å². The second-order valence-electron chi connectivity index (χ2n) is 5.01. The summed E-state index contributed by atoms with van der Waals surface area (Å²) in [5, 5.41) is 11.6. The zero-order valence-electron chi connectivity index (χ0n) is 12.1. The van der Waals surface area contributed by atoms with Gasteiger partial charge in [0.1, 0.15) is 0 Å². The Kier molecular flexibility index (Phi) is 5.11. The summed E-state index contributed by atoms with van der Waals surface area (Å²) in [7, 11) is 0. The minimum absolute atomic E-state index is 0.0441. The summed E-state index contributed by atoms with van der Waals surface area (Å²) >= 11 is 0. The lowest BCUT2D eigenvalue weighted by molar-refractivity contribution is -0.121. The maximum atomic E-state index is 11.9. The van der Waals surface area contributed by atoms with Crippen LogP contribution >= 0.6 is 0 Å². The summed E-state index contributed by atoms with van der Waals surface area (Å²) in [6, 6.07) is 17.4. The summed E-state index contributed by atoms with van der Waals surface area (Å²) in [4.78, 5) is 11.9. The molecule has 0 unspecified atom stereocenters. The van der Waals surface area contributed by atoms with E-state index in [2.05, 4.69) is 30.4 Å². The van der Waals surface area contributed by atoms with Gasteiger partial charge in [-0.1, -0.05) is 36.4 Å². The molecule has 0 heterocycles. The smallest absolute Gasteiger partial charge is 0.220 e. The molecule has 1 amide bonds. The van der Waals surface area contributed by atoms with Crippen molar-refractivity contribution in [3.05, 3.63) is 70.8 Å². The SMILES string of the molecule is Cc1ccccc1CCC(=O)NCc1ccc(C#N)cc1. The number of nitrogens with zero attached hydrogens (tertiary/aromatic N) is 1. The Bertz CT molecular complexity index is 654. The second-order valence-corrected chi connectivity index (χ2v) is 5.01. The minimum atomic E-state index is 0.0441. The molecule has 106 valence electrons. The molecule has 2 aromatic rings. The maximum absolute atomic E-state index is 11.9. The van der Waals surface area contributed by atoms with E-state index in [4.69, 9.17) is 5.26 Å². The van der Waals surface area contributed by atoms with E-state index in [1.165, 1.54) is 11.1 Å². The van der Waals surface area contributed by atoms with Gasteiger partial charge in [0.15, 0.2) is 0 Å². The fourth-order valence-electron chi connectivity index (χ4n) is 2.12. The number of amides is 1. The van der Waals surface area contributed by atoms with Crippen molar-refractivity contribution in [2.45, 2.75) is 26.3 Å². The molecular weight excluding hydrogens is 260 g/mol. The molecule has 1 N–H and O–H groups in total. The van der Waals surface area contributed by atoms with Crippen LogP contribution in [0.5, 0.6) is 0 Å². The molecule has 3 heteroatoms. The first-order chi connectivity index (χ1) is 10.2. The lowest BCUT2D eigenvalue weighted by atomic mass is 10.0. The summed E-state index contributed by atoms with van der Waals surface area (Å²) < 4.78 is 0. The van der Waals surface area contributed by atoms with Gasteiger partial charge < -0.3 is 5.32 Å². The number of nitrogens with one attached hydrogen (secondary N) is 1. The van der Waals surface area contributed by atoms with Crippen molar-refractivity contribution in [3.63, 3.8) is 0 Å². The van der Waals surface area contributed by atoms with E-state index in [0.717, 1.165) is 12.0 Å². The van der Waals surface area contributed by atoms with E-state index in [0.29, 0.717) is 18.5 Å². The van der Waals surface area contributed by atoms with E-state index in [-0.39, 0.29) is 5.91 Å². The van der Waals surface area contributed by atoms with Crippen LogP contribution in [0.15, 0.2) is 48.5 Å². The van der Waals surface area contributed by atoms with Gasteiger partial charge in [0.2, 0.25) is 5.91 Å². The highest BCUT2D eigenvalue weighted by molar-refractivity contribution is 5.76. The zero-order chi connectivity index (χ0) is 15.1. The van der Waals surface area contributed by atoms with Crippen molar-refractivity contribution in [3.8, 4) is 6.07 Å². The molecule has 2 rings (SSSR count). The number of rotatable bonds is 5. The molecular formula is C18H18N2O. The molecule has 0 aliphatic carbocycles. The number of carbonyl (C=O) groups is 1. The van der Waals surface area contributed by atoms with Crippen LogP contribution in [-0.4, -0.2) is 5.91 Å². The van der Waals surface area contributed by atoms with E-state index < -0.39 is 0 Å². The summed E-state index contributed by atoms with van der Waals surface area (Å²) in [5.74, 6) is 0.0441. The lowest BCUT2D eigenvalue weighted by Crippen LogP contribution is -2.23. The highest BCUT2D eigenvalue weighted by Gasteiger charge is 2.04. The van der Waals surface area contributed by atoms with Crippen LogP contribution in [0, 0.1) is 18.3 Å². The Morgan fingerprint density at radius 3 is 2.52 bits per heavy atom. The first kappa shape index (κ1) is 14.8. The molecule has 0 aliphatic rings. The maximum Gasteiger partial charge on any atom is 0.220 e. The number of benzene rings is 2. The largest absolute Gasteiger partial charge is 0.352 e. The van der Waals surface area contributed by atoms with Gasteiger partial charge in [0.05, 0.1) is 11.6 Å². The number of hydrogen-bond acceptors (Lipinski definition) is 2. The fraction of sp³-hybridized carbons (Fsp3) is 0.222. The third-order valence-electron chi connectivity index (χ3n) is 3.46. The van der Waals surface area contributed by atoms with E-state index in [1.54, 1.807) is 12.1 Å². The topological polar surface area (TPSA) is 52.9 Å². The molecule has 0 bridgehead atoms. The third kappa shape index (κ3) is 4.47. The van der Waals surface area contributed by atoms with Gasteiger partial charge in [-0.3, -0.25) is 4.79 Å². The van der Waals surface area contributed by atoms with Crippen molar-refractivity contribution in [2.75, 3.05) is 0 Å². The highest BCUT2D eigenvalue weighted by atomic mass is 16.1. The van der Waals surface area contributed by atoms with Crippen molar-refractivity contribution < 1.29 is 4.79 Å². The van der Waals surface area contributed by atoms with E-state index >= 15 is 0 Å². The predicted molar refractivity (Wildman–Crippen MR) is 82.5 cm³/mol. The number of carbonyl (C=O) groups excluding carboxylic acids is 1. The van der Waals surface area contributed by atoms with Crippen molar-refractivity contribution in [1.82, 2.24) is 5.32 Å². The quantitative estimate of drug-likeness (QED) is 0.913. The highest BCUT2D eigenvalue weighted by Crippen LogP contribution is 2.09. The van der Waals surface area contributed by atoms with Crippen LogP contribution in [0.1, 0.15) is 28.7 Å². The normalized spacial score (nSPS) is 9.90. The molecule has 0 radical (unpaired) electrons. The van der Waals surface area contributed by atoms with Crippen LogP contribution < -0.4 is 5.32 Å². The molecule has 0 saturated carbocycles. The molecule has 0 spiro atoms. The zero-order valence-corrected chi connectivity index (χ0v) is 12.1. The molecule has 2 aromatic carbocycles. The van der Waals surface area contributed by atoms with Gasteiger partial charge in [-0.25, -0.2) is 0 Å². The Hall–Kier alpha value is -2.60. The third-order valence-corrected chi connectivity index (χ3v) is 3.46. The summed E-state index contributed by atoms with van der Waals surface area (Å²) in [5.41, 5.74) is 4.06. The minimum Gasteiger partial charge on any atom is -0.352 e. The van der Waals surface area contributed by atoms with Gasteiger partial charge in [0.25, 0.3) is 0 Å². The standard InChI is InChI=1S/C18H18N2O/c1-14-4-2-3-5-17(14)10-11-18(21)20-13-16-8-6-15(12-19)7-9-16/h2-9H,10-11,13H2,1H3,(H,20,21). The first-order valence-corrected chi connectivity index (χ1v) is 6.99. The molecule has 3 nitrogen and oxygen atoms in total. The van der Waals surface area contributed by atoms with Crippen LogP contribution in [-0.2, 0) is 17.8 Å². The number of hydrogen-bond donors (Lipinski definition) is 1. The molecule has 0 atom stereocenters. The Balaban J connectivity index is 1.79. The number of nitriles is 1. The second kappa shape index (κ2) is 7.25. The van der Waals surface area contributed by atoms with Gasteiger partial charge >= 0.3 is 0 Å². The van der Waals surface area contributed by atoms with Crippen LogP contribution in [0.4, 0.5) is 0 Å². The van der Waals surface area contributed by atoms with Crippen LogP contribution in [0.2, 0.25) is 0 Å². The van der Waals surface area contributed by atoms with Crippen LogP contribution in [0.3, 0.4) is 0 Å². The Morgan fingerprint density at radius 1 is 1.14 bits per heavy atom. The first-order valence-electron chi connectivity index (χ1n) is 6.99. The molecule has 0 aromatic heterocycles. The van der Waals surface area contributed by atoms with Gasteiger partial charge in [-0.2, -0.15) is 5.26 Å². The molecule has 0 saturated heterocycles. The summed E-state index contributed by atoms with van der Waals surface area (Å²) in [6.07, 6.45) is 1.24. The van der Waals surface area contributed by atoms with E-state index in [1.807, 2.05) is 24.3 Å². The average molecular weight is 278 g/mol. The van der Waals surface area contributed by atoms with Gasteiger partial charge in [-0.05, 0) is 42.2 Å². The fourth-order valence-corrected chi connectivity index (χ4v) is 2.12. The monoisotopic (exact) mass is 278 g/mol. The van der Waals surface area contributed by atoms with E-state index in [9.17, 15) is 4.79 Å². The van der Waals surface area contributed by atoms with Crippen LogP contribution in [0.25, 0.3) is 0 Å². The Morgan fingerprint density at radius 2 is 1.86 bits per heavy atom. The predicted octanol–water partition coefficient (Wildman–Crippen LogP) is 3.12. The lowest BCUT2D eigenvalue weighted by Gasteiger charge is -2.07. The van der Waals surface area contributed by atoms with Crippen molar-refractivity contribution >= 4 is 5.91 Å². The van der Waals surface area contributed by atoms with Gasteiger partial charge in [0, 0.05) is 13.0 Å². The molecule has 0 fully saturated rings. The summed E-state index contributed by atoms with van der Waals surface area (Å²) in [6.45, 7) is 2.56. The van der Waals surface area contributed by atoms with Gasteiger partial charge in [-0.15, -0.1) is 0 Å². The molecule has 21 heavy (non-hydrogen) atoms. The average Bonchev–Trinajstić information content (AvgIpc) is 2.52. The van der Waals surface area contributed by atoms with Crippen molar-refractivity contribution in [2.24, 2.45) is 0 Å². The molecule has 0 aliphatic heterocycles. The number of aryl methyl sites for hydroxylation is 2.